The summed E-state index contributed by atoms with van der Waals surface area (Å²) in [6, 6.07) is 10.8. The zero-order valence-corrected chi connectivity index (χ0v) is 20.7. The molecule has 0 unspecified atom stereocenters. The molecule has 2 amide bonds. The van der Waals surface area contributed by atoms with Gasteiger partial charge in [0.1, 0.15) is 0 Å². The molecule has 1 aliphatic rings. The van der Waals surface area contributed by atoms with E-state index in [1.165, 1.54) is 16.0 Å². The molecule has 34 heavy (non-hydrogen) atoms. The molecule has 2 aromatic carbocycles. The first-order valence-corrected chi connectivity index (χ1v) is 11.4. The molecule has 0 fully saturated rings. The van der Waals surface area contributed by atoms with E-state index in [9.17, 15) is 9.59 Å². The summed E-state index contributed by atoms with van der Waals surface area (Å²) in [5.41, 5.74) is 9.85. The van der Waals surface area contributed by atoms with E-state index in [4.69, 9.17) is 5.73 Å². The Bertz CT molecular complexity index is 1250. The maximum absolute atomic E-state index is 12.1. The Morgan fingerprint density at radius 2 is 1.82 bits per heavy atom. The van der Waals surface area contributed by atoms with E-state index in [2.05, 4.69) is 59.8 Å². The fourth-order valence-electron chi connectivity index (χ4n) is 3.71. The van der Waals surface area contributed by atoms with Crippen molar-refractivity contribution in [2.24, 2.45) is 5.73 Å². The zero-order chi connectivity index (χ0) is 24.4. The minimum absolute atomic E-state index is 0.0905. The molecular formula is C23H25BrN8O2. The van der Waals surface area contributed by atoms with E-state index >= 15 is 0 Å². The standard InChI is InChI=1S/C23H25BrN8O2/c1-31(2)22(34)13-4-6-15(7-5-13)26-21-19(20(25)33)29-30-23(28-21)27-16-10-14-12-32(3)9-8-17(14)18(24)11-16/h4-7,10-11H,8-9,12H2,1-3H3,(H2,25,33)(H2,26,27,28,30). The van der Waals surface area contributed by atoms with Gasteiger partial charge >= 0.3 is 0 Å². The second-order valence-electron chi connectivity index (χ2n) is 8.31. The highest BCUT2D eigenvalue weighted by molar-refractivity contribution is 9.10. The number of nitrogens with zero attached hydrogens (tertiary/aromatic N) is 5. The topological polar surface area (TPSA) is 129 Å². The van der Waals surface area contributed by atoms with Crippen LogP contribution in [0.1, 0.15) is 32.0 Å². The molecule has 0 saturated heterocycles. The number of fused-ring (bicyclic) bond motifs is 1. The summed E-state index contributed by atoms with van der Waals surface area (Å²) in [6.07, 6.45) is 0.977. The number of carbonyl (C=O) groups excluding carboxylic acids is 2. The molecule has 1 aliphatic heterocycles. The molecule has 0 atom stereocenters. The maximum atomic E-state index is 12.1. The first kappa shape index (κ1) is 23.6. The quantitative estimate of drug-likeness (QED) is 0.448. The van der Waals surface area contributed by atoms with Crippen molar-refractivity contribution < 1.29 is 9.59 Å². The van der Waals surface area contributed by atoms with Gasteiger partial charge in [0.15, 0.2) is 11.5 Å². The molecule has 10 nitrogen and oxygen atoms in total. The largest absolute Gasteiger partial charge is 0.364 e. The van der Waals surface area contributed by atoms with E-state index < -0.39 is 5.91 Å². The molecule has 0 spiro atoms. The van der Waals surface area contributed by atoms with Crippen LogP contribution in [0.15, 0.2) is 40.9 Å². The van der Waals surface area contributed by atoms with Crippen molar-refractivity contribution >= 4 is 50.9 Å². The Balaban J connectivity index is 1.59. The highest BCUT2D eigenvalue weighted by Crippen LogP contribution is 2.31. The number of primary amides is 1. The van der Waals surface area contributed by atoms with Gasteiger partial charge < -0.3 is 26.2 Å². The fraction of sp³-hybridized carbons (Fsp3) is 0.261. The van der Waals surface area contributed by atoms with Crippen LogP contribution in [0.4, 0.5) is 23.1 Å². The molecule has 2 heterocycles. The first-order chi connectivity index (χ1) is 16.2. The zero-order valence-electron chi connectivity index (χ0n) is 19.1. The van der Waals surface area contributed by atoms with Crippen molar-refractivity contribution in [1.29, 1.82) is 0 Å². The normalized spacial score (nSPS) is 13.2. The highest BCUT2D eigenvalue weighted by Gasteiger charge is 2.19. The lowest BCUT2D eigenvalue weighted by molar-refractivity contribution is 0.0827. The van der Waals surface area contributed by atoms with Crippen LogP contribution in [0.3, 0.4) is 0 Å². The number of halogens is 1. The molecule has 176 valence electrons. The van der Waals surface area contributed by atoms with E-state index in [-0.39, 0.29) is 23.4 Å². The van der Waals surface area contributed by atoms with Gasteiger partial charge in [0.05, 0.1) is 0 Å². The monoisotopic (exact) mass is 524 g/mol. The molecule has 0 aliphatic carbocycles. The lowest BCUT2D eigenvalue weighted by Crippen LogP contribution is -2.26. The number of rotatable bonds is 6. The van der Waals surface area contributed by atoms with Crippen molar-refractivity contribution in [3.63, 3.8) is 0 Å². The van der Waals surface area contributed by atoms with E-state index in [1.54, 1.807) is 38.4 Å². The first-order valence-electron chi connectivity index (χ1n) is 10.6. The number of hydrogen-bond donors (Lipinski definition) is 3. The number of nitrogens with two attached hydrogens (primary N) is 1. The lowest BCUT2D eigenvalue weighted by atomic mass is 9.99. The number of hydrogen-bond acceptors (Lipinski definition) is 8. The molecule has 3 aromatic rings. The highest BCUT2D eigenvalue weighted by atomic mass is 79.9. The summed E-state index contributed by atoms with van der Waals surface area (Å²) in [5, 5.41) is 14.2. The molecule has 1 aromatic heterocycles. The van der Waals surface area contributed by atoms with Gasteiger partial charge in [0.2, 0.25) is 5.95 Å². The van der Waals surface area contributed by atoms with E-state index in [0.29, 0.717) is 11.3 Å². The number of likely N-dealkylation sites (N-methyl/N-ethyl adjacent to an activating group) is 1. The van der Waals surface area contributed by atoms with Gasteiger partial charge in [-0.05, 0) is 61.0 Å². The van der Waals surface area contributed by atoms with Gasteiger partial charge in [-0.2, -0.15) is 4.98 Å². The summed E-state index contributed by atoms with van der Waals surface area (Å²) in [5.74, 6) is -0.494. The van der Waals surface area contributed by atoms with Gasteiger partial charge in [-0.1, -0.05) is 15.9 Å². The molecule has 11 heteroatoms. The minimum atomic E-state index is -0.756. The van der Waals surface area contributed by atoms with Gasteiger partial charge in [-0.3, -0.25) is 9.59 Å². The average Bonchev–Trinajstić information content (AvgIpc) is 2.78. The molecule has 4 rings (SSSR count). The fourth-order valence-corrected chi connectivity index (χ4v) is 4.41. The molecule has 0 bridgehead atoms. The second kappa shape index (κ2) is 9.74. The SMILES string of the molecule is CN1CCc2c(Br)cc(Nc3nnc(C(N)=O)c(Nc4ccc(C(=O)N(C)C)cc4)n3)cc2C1. The van der Waals surface area contributed by atoms with Crippen molar-refractivity contribution in [3.05, 3.63) is 63.3 Å². The Hall–Kier alpha value is -3.57. The van der Waals surface area contributed by atoms with Crippen molar-refractivity contribution in [1.82, 2.24) is 25.0 Å². The van der Waals surface area contributed by atoms with Crippen LogP contribution in [0, 0.1) is 0 Å². The summed E-state index contributed by atoms with van der Waals surface area (Å²) in [6.45, 7) is 1.86. The van der Waals surface area contributed by atoms with Gasteiger partial charge in [0.25, 0.3) is 11.8 Å². The molecular weight excluding hydrogens is 500 g/mol. The predicted octanol–water partition coefficient (Wildman–Crippen LogP) is 2.91. The Morgan fingerprint density at radius 3 is 2.50 bits per heavy atom. The van der Waals surface area contributed by atoms with Crippen LogP contribution in [0.25, 0.3) is 0 Å². The third-order valence-electron chi connectivity index (χ3n) is 5.45. The van der Waals surface area contributed by atoms with Crippen molar-refractivity contribution in [2.45, 2.75) is 13.0 Å². The third-order valence-corrected chi connectivity index (χ3v) is 6.16. The maximum Gasteiger partial charge on any atom is 0.273 e. The van der Waals surface area contributed by atoms with Crippen LogP contribution < -0.4 is 16.4 Å². The lowest BCUT2D eigenvalue weighted by Gasteiger charge is -2.26. The summed E-state index contributed by atoms with van der Waals surface area (Å²) in [4.78, 5) is 32.2. The van der Waals surface area contributed by atoms with Gasteiger partial charge in [-0.25, -0.2) is 0 Å². The molecule has 4 N–H and O–H groups in total. The molecule has 0 saturated carbocycles. The predicted molar refractivity (Wildman–Crippen MR) is 134 cm³/mol. The molecule has 0 radical (unpaired) electrons. The van der Waals surface area contributed by atoms with Crippen molar-refractivity contribution in [2.75, 3.05) is 38.3 Å². The van der Waals surface area contributed by atoms with E-state index in [0.717, 1.165) is 29.7 Å². The Kier molecular flexibility index (Phi) is 6.75. The average molecular weight is 525 g/mol. The third kappa shape index (κ3) is 5.15. The summed E-state index contributed by atoms with van der Waals surface area (Å²) in [7, 11) is 5.47. The minimum Gasteiger partial charge on any atom is -0.364 e. The Morgan fingerprint density at radius 1 is 1.09 bits per heavy atom. The Labute approximate surface area is 205 Å². The van der Waals surface area contributed by atoms with Crippen molar-refractivity contribution in [3.8, 4) is 0 Å². The second-order valence-corrected chi connectivity index (χ2v) is 9.16. The van der Waals surface area contributed by atoms with Gasteiger partial charge in [-0.15, -0.1) is 10.2 Å². The number of amides is 2. The number of benzene rings is 2. The van der Waals surface area contributed by atoms with Crippen LogP contribution in [0.5, 0.6) is 0 Å². The summed E-state index contributed by atoms with van der Waals surface area (Å²) < 4.78 is 1.02. The van der Waals surface area contributed by atoms with Crippen LogP contribution in [-0.2, 0) is 13.0 Å². The van der Waals surface area contributed by atoms with Crippen LogP contribution >= 0.6 is 15.9 Å². The number of nitrogens with one attached hydrogen (secondary N) is 2. The van der Waals surface area contributed by atoms with Crippen LogP contribution in [-0.4, -0.2) is 64.5 Å². The van der Waals surface area contributed by atoms with E-state index in [1.807, 2.05) is 6.07 Å². The number of carbonyl (C=O) groups is 2. The number of anilines is 4. The smallest absolute Gasteiger partial charge is 0.273 e. The van der Waals surface area contributed by atoms with Gasteiger partial charge in [0, 0.05) is 48.6 Å². The van der Waals surface area contributed by atoms with Crippen LogP contribution in [0.2, 0.25) is 0 Å². The summed E-state index contributed by atoms with van der Waals surface area (Å²) >= 11 is 3.66. The number of aromatic nitrogens is 3.